The Morgan fingerprint density at radius 1 is 1.11 bits per heavy atom. The summed E-state index contributed by atoms with van der Waals surface area (Å²) in [4.78, 5) is 31.4. The molecular formula is C21H32FN3O3. The zero-order chi connectivity index (χ0) is 21.0. The number of hydrogen-bond acceptors (Lipinski definition) is 4. The highest BCUT2D eigenvalue weighted by molar-refractivity contribution is 5.84. The molecule has 2 rings (SSSR count). The standard InChI is InChI=1S/C21H32FN3O3/c1-14-15(8-7-9-18(14)22)19-16(20(26)23(2)3)12-25(10-11-28-6)13-17(19)21(27)24(4)5/h7-9,16-17,19H,10-13H2,1-6H3/t16-,17+,19?. The van der Waals surface area contributed by atoms with Crippen molar-refractivity contribution in [1.29, 1.82) is 0 Å². The maximum atomic E-state index is 14.3. The van der Waals surface area contributed by atoms with Crippen LogP contribution in [0.5, 0.6) is 0 Å². The van der Waals surface area contributed by atoms with E-state index in [1.807, 2.05) is 6.07 Å². The number of amides is 2. The van der Waals surface area contributed by atoms with E-state index >= 15 is 0 Å². The predicted molar refractivity (Wildman–Crippen MR) is 107 cm³/mol. The Hall–Kier alpha value is -1.99. The average molecular weight is 394 g/mol. The Kier molecular flexibility index (Phi) is 7.55. The van der Waals surface area contributed by atoms with Gasteiger partial charge in [-0.25, -0.2) is 4.39 Å². The number of rotatable bonds is 6. The molecule has 1 fully saturated rings. The lowest BCUT2D eigenvalue weighted by Gasteiger charge is -2.44. The minimum atomic E-state index is -0.435. The Bertz CT molecular complexity index is 678. The van der Waals surface area contributed by atoms with E-state index in [0.717, 1.165) is 5.56 Å². The first kappa shape index (κ1) is 22.3. The van der Waals surface area contributed by atoms with Crippen LogP contribution in [0.25, 0.3) is 0 Å². The fraction of sp³-hybridized carbons (Fsp3) is 0.619. The van der Waals surface area contributed by atoms with Crippen molar-refractivity contribution >= 4 is 11.8 Å². The summed E-state index contributed by atoms with van der Waals surface area (Å²) in [6.07, 6.45) is 0. The number of likely N-dealkylation sites (tertiary alicyclic amines) is 1. The maximum Gasteiger partial charge on any atom is 0.227 e. The molecule has 1 saturated heterocycles. The third kappa shape index (κ3) is 4.70. The summed E-state index contributed by atoms with van der Waals surface area (Å²) in [7, 11) is 8.50. The molecule has 0 N–H and O–H groups in total. The number of carbonyl (C=O) groups excluding carboxylic acids is 2. The first-order valence-corrected chi connectivity index (χ1v) is 9.57. The van der Waals surface area contributed by atoms with Crippen LogP contribution < -0.4 is 0 Å². The zero-order valence-corrected chi connectivity index (χ0v) is 17.7. The van der Waals surface area contributed by atoms with Crippen LogP contribution >= 0.6 is 0 Å². The van der Waals surface area contributed by atoms with Gasteiger partial charge in [0, 0.05) is 60.9 Å². The Morgan fingerprint density at radius 3 is 2.11 bits per heavy atom. The quantitative estimate of drug-likeness (QED) is 0.737. The normalized spacial score (nSPS) is 22.8. The lowest BCUT2D eigenvalue weighted by atomic mass is 9.71. The molecule has 0 bridgehead atoms. The first-order valence-electron chi connectivity index (χ1n) is 9.57. The van der Waals surface area contributed by atoms with Gasteiger partial charge in [0.25, 0.3) is 0 Å². The molecule has 7 heteroatoms. The molecule has 0 radical (unpaired) electrons. The highest BCUT2D eigenvalue weighted by Crippen LogP contribution is 2.40. The van der Waals surface area contributed by atoms with E-state index in [1.165, 1.54) is 6.07 Å². The summed E-state index contributed by atoms with van der Waals surface area (Å²) in [5.74, 6) is -1.66. The molecule has 3 atom stereocenters. The van der Waals surface area contributed by atoms with Gasteiger partial charge in [0.05, 0.1) is 18.4 Å². The van der Waals surface area contributed by atoms with Crippen molar-refractivity contribution in [2.45, 2.75) is 12.8 Å². The molecule has 1 aliphatic heterocycles. The van der Waals surface area contributed by atoms with Gasteiger partial charge < -0.3 is 14.5 Å². The molecule has 1 heterocycles. The van der Waals surface area contributed by atoms with E-state index in [4.69, 9.17) is 4.74 Å². The summed E-state index contributed by atoms with van der Waals surface area (Å²) in [5, 5.41) is 0. The summed E-state index contributed by atoms with van der Waals surface area (Å²) in [6, 6.07) is 4.92. The van der Waals surface area contributed by atoms with Gasteiger partial charge >= 0.3 is 0 Å². The maximum absolute atomic E-state index is 14.3. The zero-order valence-electron chi connectivity index (χ0n) is 17.7. The van der Waals surface area contributed by atoms with Crippen molar-refractivity contribution in [3.63, 3.8) is 0 Å². The van der Waals surface area contributed by atoms with Crippen molar-refractivity contribution in [1.82, 2.24) is 14.7 Å². The molecule has 1 aromatic rings. The molecule has 28 heavy (non-hydrogen) atoms. The van der Waals surface area contributed by atoms with Gasteiger partial charge in [-0.1, -0.05) is 12.1 Å². The fourth-order valence-corrected chi connectivity index (χ4v) is 4.09. The third-order valence-electron chi connectivity index (χ3n) is 5.57. The lowest BCUT2D eigenvalue weighted by molar-refractivity contribution is -0.142. The summed E-state index contributed by atoms with van der Waals surface area (Å²) in [5.41, 5.74) is 1.25. The largest absolute Gasteiger partial charge is 0.383 e. The second-order valence-electron chi connectivity index (χ2n) is 7.91. The monoisotopic (exact) mass is 393 g/mol. The number of hydrogen-bond donors (Lipinski definition) is 0. The Balaban J connectivity index is 2.55. The molecule has 6 nitrogen and oxygen atoms in total. The van der Waals surface area contributed by atoms with E-state index in [-0.39, 0.29) is 23.5 Å². The number of halogens is 1. The summed E-state index contributed by atoms with van der Waals surface area (Å²) < 4.78 is 19.5. The number of methoxy groups -OCH3 is 1. The Labute approximate surface area is 167 Å². The van der Waals surface area contributed by atoms with Crippen molar-refractivity contribution < 1.29 is 18.7 Å². The third-order valence-corrected chi connectivity index (χ3v) is 5.57. The van der Waals surface area contributed by atoms with Crippen molar-refractivity contribution in [3.05, 3.63) is 35.1 Å². The molecule has 1 aliphatic rings. The highest BCUT2D eigenvalue weighted by atomic mass is 19.1. The van der Waals surface area contributed by atoms with Crippen LogP contribution in [0.1, 0.15) is 17.0 Å². The average Bonchev–Trinajstić information content (AvgIpc) is 2.66. The topological polar surface area (TPSA) is 53.1 Å². The van der Waals surface area contributed by atoms with Crippen molar-refractivity contribution in [3.8, 4) is 0 Å². The van der Waals surface area contributed by atoms with Crippen molar-refractivity contribution in [2.24, 2.45) is 11.8 Å². The van der Waals surface area contributed by atoms with Crippen LogP contribution in [0.2, 0.25) is 0 Å². The molecule has 156 valence electrons. The number of ether oxygens (including phenoxy) is 1. The second kappa shape index (κ2) is 9.47. The number of carbonyl (C=O) groups is 2. The van der Waals surface area contributed by atoms with E-state index in [0.29, 0.717) is 31.8 Å². The first-order chi connectivity index (χ1) is 13.2. The minimum Gasteiger partial charge on any atom is -0.383 e. The Morgan fingerprint density at radius 2 is 1.64 bits per heavy atom. The lowest BCUT2D eigenvalue weighted by Crippen LogP contribution is -2.54. The summed E-state index contributed by atoms with van der Waals surface area (Å²) >= 11 is 0. The van der Waals surface area contributed by atoms with Gasteiger partial charge in [0.2, 0.25) is 11.8 Å². The van der Waals surface area contributed by atoms with Gasteiger partial charge in [-0.05, 0) is 24.1 Å². The van der Waals surface area contributed by atoms with Gasteiger partial charge in [0.1, 0.15) is 5.82 Å². The molecule has 0 spiro atoms. The minimum absolute atomic E-state index is 0.0488. The predicted octanol–water partition coefficient (Wildman–Crippen LogP) is 1.59. The van der Waals surface area contributed by atoms with E-state index in [9.17, 15) is 14.0 Å². The second-order valence-corrected chi connectivity index (χ2v) is 7.91. The molecule has 0 saturated carbocycles. The van der Waals surface area contributed by atoms with Crippen LogP contribution in [0.3, 0.4) is 0 Å². The van der Waals surface area contributed by atoms with Gasteiger partial charge in [-0.15, -0.1) is 0 Å². The molecule has 0 aromatic heterocycles. The van der Waals surface area contributed by atoms with Gasteiger partial charge in [0.15, 0.2) is 0 Å². The van der Waals surface area contributed by atoms with Gasteiger partial charge in [-0.2, -0.15) is 0 Å². The molecule has 1 aromatic carbocycles. The number of benzene rings is 1. The number of nitrogens with zero attached hydrogens (tertiary/aromatic N) is 3. The molecule has 2 amide bonds. The van der Waals surface area contributed by atoms with Crippen molar-refractivity contribution in [2.75, 3.05) is 61.5 Å². The van der Waals surface area contributed by atoms with E-state index in [1.54, 1.807) is 58.1 Å². The van der Waals surface area contributed by atoms with E-state index in [2.05, 4.69) is 4.90 Å². The van der Waals surface area contributed by atoms with E-state index < -0.39 is 11.8 Å². The van der Waals surface area contributed by atoms with Gasteiger partial charge in [-0.3, -0.25) is 14.5 Å². The molecule has 0 aliphatic carbocycles. The number of piperidine rings is 1. The smallest absolute Gasteiger partial charge is 0.227 e. The van der Waals surface area contributed by atoms with Crippen LogP contribution in [-0.4, -0.2) is 88.1 Å². The fourth-order valence-electron chi connectivity index (χ4n) is 4.09. The summed E-state index contributed by atoms with van der Waals surface area (Å²) in [6.45, 7) is 3.90. The van der Waals surface area contributed by atoms with Crippen LogP contribution in [0.4, 0.5) is 4.39 Å². The molecule has 1 unspecified atom stereocenters. The molecular weight excluding hydrogens is 361 g/mol. The van der Waals surface area contributed by atoms with Crippen LogP contribution in [0.15, 0.2) is 18.2 Å². The van der Waals surface area contributed by atoms with Crippen LogP contribution in [-0.2, 0) is 14.3 Å². The SMILES string of the molecule is COCCN1C[C@H](C(=O)N(C)C)C(c2cccc(F)c2C)[C@H](C(=O)N(C)C)C1. The van der Waals surface area contributed by atoms with Crippen LogP contribution in [0, 0.1) is 24.6 Å². The highest BCUT2D eigenvalue weighted by Gasteiger charge is 2.46.